The zero-order valence-electron chi connectivity index (χ0n) is 15.4. The molecule has 0 saturated carbocycles. The number of ether oxygens (including phenoxy) is 1. The van der Waals surface area contributed by atoms with Crippen molar-refractivity contribution in [3.63, 3.8) is 0 Å². The molecule has 1 amide bonds. The van der Waals surface area contributed by atoms with Gasteiger partial charge >= 0.3 is 0 Å². The van der Waals surface area contributed by atoms with Crippen molar-refractivity contribution in [1.29, 1.82) is 0 Å². The third-order valence-corrected chi connectivity index (χ3v) is 5.20. The number of rotatable bonds is 3. The fourth-order valence-corrected chi connectivity index (χ4v) is 3.75. The van der Waals surface area contributed by atoms with E-state index in [1.165, 1.54) is 0 Å². The van der Waals surface area contributed by atoms with E-state index < -0.39 is 5.60 Å². The van der Waals surface area contributed by atoms with Crippen molar-refractivity contribution in [2.45, 2.75) is 51.4 Å². The van der Waals surface area contributed by atoms with Crippen LogP contribution < -0.4 is 0 Å². The maximum atomic E-state index is 12.6. The van der Waals surface area contributed by atoms with Crippen LogP contribution >= 0.6 is 0 Å². The summed E-state index contributed by atoms with van der Waals surface area (Å²) in [7, 11) is 0. The molecule has 25 heavy (non-hydrogen) atoms. The summed E-state index contributed by atoms with van der Waals surface area (Å²) < 4.78 is 5.69. The zero-order valence-corrected chi connectivity index (χ0v) is 15.4. The van der Waals surface area contributed by atoms with E-state index in [9.17, 15) is 9.90 Å². The molecule has 6 heteroatoms. The van der Waals surface area contributed by atoms with Gasteiger partial charge in [0, 0.05) is 32.4 Å². The molecule has 0 unspecified atom stereocenters. The minimum atomic E-state index is -0.880. The van der Waals surface area contributed by atoms with E-state index >= 15 is 0 Å². The molecule has 6 nitrogen and oxygen atoms in total. The van der Waals surface area contributed by atoms with E-state index in [-0.39, 0.29) is 18.1 Å². The number of aliphatic hydroxyl groups is 1. The standard InChI is InChI=1S/C19H29N3O3/c1-14-4-5-17(20-10-14)19(24)6-8-21(9-7-19)13-18(23)22-11-15(2)25-16(3)12-22/h4-5,10,15-16,24H,6-9,11-13H2,1-3H3/t15-,16+. The number of morpholine rings is 1. The highest BCUT2D eigenvalue weighted by molar-refractivity contribution is 5.78. The minimum absolute atomic E-state index is 0.0896. The Bertz CT molecular complexity index is 586. The van der Waals surface area contributed by atoms with Crippen LogP contribution in [0.5, 0.6) is 0 Å². The van der Waals surface area contributed by atoms with Crippen LogP contribution in [0.2, 0.25) is 0 Å². The molecule has 2 atom stereocenters. The molecule has 0 aromatic carbocycles. The Morgan fingerprint density at radius 3 is 2.48 bits per heavy atom. The molecule has 0 aliphatic carbocycles. The number of aryl methyl sites for hydroxylation is 1. The summed E-state index contributed by atoms with van der Waals surface area (Å²) in [6, 6.07) is 3.89. The van der Waals surface area contributed by atoms with Gasteiger partial charge in [0.25, 0.3) is 0 Å². The van der Waals surface area contributed by atoms with Crippen LogP contribution in [-0.4, -0.2) is 70.7 Å². The number of carbonyl (C=O) groups excluding carboxylic acids is 1. The van der Waals surface area contributed by atoms with E-state index in [2.05, 4.69) is 9.88 Å². The van der Waals surface area contributed by atoms with Crippen molar-refractivity contribution in [2.75, 3.05) is 32.7 Å². The Balaban J connectivity index is 1.53. The molecular formula is C19H29N3O3. The Morgan fingerprint density at radius 2 is 1.92 bits per heavy atom. The Hall–Kier alpha value is -1.50. The van der Waals surface area contributed by atoms with E-state index in [1.54, 1.807) is 6.20 Å². The molecule has 1 N–H and O–H groups in total. The quantitative estimate of drug-likeness (QED) is 0.893. The van der Waals surface area contributed by atoms with Crippen LogP contribution in [-0.2, 0) is 15.1 Å². The Morgan fingerprint density at radius 1 is 1.28 bits per heavy atom. The van der Waals surface area contributed by atoms with E-state index in [1.807, 2.05) is 37.8 Å². The monoisotopic (exact) mass is 347 g/mol. The van der Waals surface area contributed by atoms with Gasteiger partial charge in [-0.3, -0.25) is 14.7 Å². The lowest BCUT2D eigenvalue weighted by Gasteiger charge is -2.40. The summed E-state index contributed by atoms with van der Waals surface area (Å²) in [5.74, 6) is 0.154. The molecule has 138 valence electrons. The van der Waals surface area contributed by atoms with Gasteiger partial charge in [-0.05, 0) is 45.2 Å². The summed E-state index contributed by atoms with van der Waals surface area (Å²) in [4.78, 5) is 21.0. The van der Waals surface area contributed by atoms with Crippen LogP contribution in [0.25, 0.3) is 0 Å². The Kier molecular flexibility index (Phi) is 5.41. The first-order chi connectivity index (χ1) is 11.9. The first kappa shape index (κ1) is 18.3. The third-order valence-electron chi connectivity index (χ3n) is 5.20. The second-order valence-electron chi connectivity index (χ2n) is 7.58. The number of nitrogens with zero attached hydrogens (tertiary/aromatic N) is 3. The summed E-state index contributed by atoms with van der Waals surface area (Å²) in [5.41, 5.74) is 0.944. The van der Waals surface area contributed by atoms with E-state index in [4.69, 9.17) is 4.74 Å². The number of likely N-dealkylation sites (tertiary alicyclic amines) is 1. The smallest absolute Gasteiger partial charge is 0.236 e. The molecule has 2 fully saturated rings. The number of hydrogen-bond donors (Lipinski definition) is 1. The second-order valence-corrected chi connectivity index (χ2v) is 7.58. The predicted molar refractivity (Wildman–Crippen MR) is 95.1 cm³/mol. The largest absolute Gasteiger partial charge is 0.383 e. The lowest BCUT2D eigenvalue weighted by molar-refractivity contribution is -0.145. The summed E-state index contributed by atoms with van der Waals surface area (Å²) in [5, 5.41) is 10.9. The van der Waals surface area contributed by atoms with Gasteiger partial charge in [0.05, 0.1) is 24.4 Å². The molecule has 0 spiro atoms. The van der Waals surface area contributed by atoms with E-state index in [0.29, 0.717) is 45.6 Å². The highest BCUT2D eigenvalue weighted by Gasteiger charge is 2.36. The van der Waals surface area contributed by atoms with Crippen LogP contribution in [0.15, 0.2) is 18.3 Å². The fraction of sp³-hybridized carbons (Fsp3) is 0.684. The maximum Gasteiger partial charge on any atom is 0.236 e. The van der Waals surface area contributed by atoms with Crippen molar-refractivity contribution < 1.29 is 14.6 Å². The lowest BCUT2D eigenvalue weighted by Crippen LogP contribution is -2.52. The normalized spacial score (nSPS) is 27.3. The topological polar surface area (TPSA) is 65.9 Å². The SMILES string of the molecule is Cc1ccc(C2(O)CCN(CC(=O)N3C[C@@H](C)O[C@@H](C)C3)CC2)nc1. The molecular weight excluding hydrogens is 318 g/mol. The number of hydrogen-bond acceptors (Lipinski definition) is 5. The summed E-state index contributed by atoms with van der Waals surface area (Å²) in [6.07, 6.45) is 3.18. The lowest BCUT2D eigenvalue weighted by atomic mass is 9.87. The summed E-state index contributed by atoms with van der Waals surface area (Å²) >= 11 is 0. The average molecular weight is 347 g/mol. The van der Waals surface area contributed by atoms with E-state index in [0.717, 1.165) is 11.3 Å². The average Bonchev–Trinajstić information content (AvgIpc) is 2.57. The third kappa shape index (κ3) is 4.37. The van der Waals surface area contributed by atoms with Gasteiger partial charge in [0.1, 0.15) is 5.60 Å². The van der Waals surface area contributed by atoms with Gasteiger partial charge in [0.2, 0.25) is 5.91 Å². The van der Waals surface area contributed by atoms with Crippen molar-refractivity contribution in [2.24, 2.45) is 0 Å². The van der Waals surface area contributed by atoms with Gasteiger partial charge in [-0.2, -0.15) is 0 Å². The van der Waals surface area contributed by atoms with Gasteiger partial charge in [-0.15, -0.1) is 0 Å². The van der Waals surface area contributed by atoms with Crippen molar-refractivity contribution in [3.8, 4) is 0 Å². The van der Waals surface area contributed by atoms with Crippen LogP contribution in [0.4, 0.5) is 0 Å². The van der Waals surface area contributed by atoms with Gasteiger partial charge in [-0.25, -0.2) is 0 Å². The predicted octanol–water partition coefficient (Wildman–Crippen LogP) is 1.31. The molecule has 3 rings (SSSR count). The highest BCUT2D eigenvalue weighted by Crippen LogP contribution is 2.31. The minimum Gasteiger partial charge on any atom is -0.383 e. The van der Waals surface area contributed by atoms with Gasteiger partial charge in [-0.1, -0.05) is 6.07 Å². The number of carbonyl (C=O) groups is 1. The van der Waals surface area contributed by atoms with Crippen molar-refractivity contribution >= 4 is 5.91 Å². The zero-order chi connectivity index (χ0) is 18.0. The van der Waals surface area contributed by atoms with Crippen molar-refractivity contribution in [1.82, 2.24) is 14.8 Å². The molecule has 1 aromatic rings. The fourth-order valence-electron chi connectivity index (χ4n) is 3.75. The first-order valence-electron chi connectivity index (χ1n) is 9.17. The van der Waals surface area contributed by atoms with Crippen LogP contribution in [0.1, 0.15) is 37.9 Å². The molecule has 0 radical (unpaired) electrons. The van der Waals surface area contributed by atoms with Crippen LogP contribution in [0, 0.1) is 6.92 Å². The summed E-state index contributed by atoms with van der Waals surface area (Å²) in [6.45, 7) is 9.14. The highest BCUT2D eigenvalue weighted by atomic mass is 16.5. The molecule has 0 bridgehead atoms. The van der Waals surface area contributed by atoms with Gasteiger partial charge < -0.3 is 14.7 Å². The second kappa shape index (κ2) is 7.40. The number of amides is 1. The molecule has 1 aromatic heterocycles. The molecule has 2 aliphatic heterocycles. The Labute approximate surface area is 149 Å². The van der Waals surface area contributed by atoms with Gasteiger partial charge in [0.15, 0.2) is 0 Å². The molecule has 2 saturated heterocycles. The van der Waals surface area contributed by atoms with Crippen LogP contribution in [0.3, 0.4) is 0 Å². The number of piperidine rings is 1. The number of pyridine rings is 1. The molecule has 2 aliphatic rings. The maximum absolute atomic E-state index is 12.6. The molecule has 3 heterocycles. The number of aromatic nitrogens is 1. The first-order valence-corrected chi connectivity index (χ1v) is 9.17. The van der Waals surface area contributed by atoms with Crippen molar-refractivity contribution in [3.05, 3.63) is 29.6 Å².